The van der Waals surface area contributed by atoms with Crippen molar-refractivity contribution in [1.82, 2.24) is 24.8 Å². The van der Waals surface area contributed by atoms with Crippen LogP contribution in [0.1, 0.15) is 30.0 Å². The minimum Gasteiger partial charge on any atom is -0.486 e. The number of amides is 1. The van der Waals surface area contributed by atoms with Crippen molar-refractivity contribution in [2.45, 2.75) is 25.4 Å². The number of benzene rings is 1. The highest BCUT2D eigenvalue weighted by molar-refractivity contribution is 6.36. The molecule has 4 heterocycles. The number of H-pyrrole nitrogens is 1. The van der Waals surface area contributed by atoms with Gasteiger partial charge in [-0.25, -0.2) is 9.97 Å². The average Bonchev–Trinajstić information content (AvgIpc) is 3.35. The highest BCUT2D eigenvalue weighted by Gasteiger charge is 2.26. The number of ether oxygens (including phenoxy) is 1. The number of likely N-dealkylation sites (tertiary alicyclic amines) is 1. The Balaban J connectivity index is 1.37. The van der Waals surface area contributed by atoms with Crippen LogP contribution in [-0.4, -0.2) is 43.8 Å². The van der Waals surface area contributed by atoms with Gasteiger partial charge in [-0.3, -0.25) is 9.78 Å². The third-order valence-corrected chi connectivity index (χ3v) is 6.91. The van der Waals surface area contributed by atoms with Crippen molar-refractivity contribution in [3.05, 3.63) is 83.0 Å². The predicted octanol–water partition coefficient (Wildman–Crippen LogP) is 5.87. The number of aromatic amines is 1. The third-order valence-electron chi connectivity index (χ3n) is 6.30. The zero-order chi connectivity index (χ0) is 25.1. The van der Waals surface area contributed by atoms with E-state index in [1.807, 2.05) is 29.3 Å². The molecule has 2 N–H and O–H groups in total. The van der Waals surface area contributed by atoms with Crippen LogP contribution in [0.25, 0.3) is 11.0 Å². The summed E-state index contributed by atoms with van der Waals surface area (Å²) < 4.78 is 5.83. The SMILES string of the molecule is C=CC(=O)N1CCC(c2c[nH]c3ncnc(Nc4cc(Cl)c(OCc5ccccn5)cc4Cl)c23)CC1. The molecule has 1 fully saturated rings. The molecule has 184 valence electrons. The van der Waals surface area contributed by atoms with E-state index in [4.69, 9.17) is 27.9 Å². The van der Waals surface area contributed by atoms with Gasteiger partial charge in [0.2, 0.25) is 5.91 Å². The molecule has 1 amide bonds. The quantitative estimate of drug-likeness (QED) is 0.294. The molecule has 0 spiro atoms. The Morgan fingerprint density at radius 3 is 2.78 bits per heavy atom. The topological polar surface area (TPSA) is 96.0 Å². The number of piperidine rings is 1. The van der Waals surface area contributed by atoms with E-state index in [0.717, 1.165) is 35.1 Å². The molecule has 3 aromatic heterocycles. The number of nitrogens with one attached hydrogen (secondary N) is 2. The van der Waals surface area contributed by atoms with E-state index >= 15 is 0 Å². The first kappa shape index (κ1) is 24.1. The molecule has 36 heavy (non-hydrogen) atoms. The highest BCUT2D eigenvalue weighted by atomic mass is 35.5. The molecule has 1 aromatic carbocycles. The van der Waals surface area contributed by atoms with Crippen molar-refractivity contribution in [3.63, 3.8) is 0 Å². The molecular weight excluding hydrogens is 499 g/mol. The average molecular weight is 523 g/mol. The van der Waals surface area contributed by atoms with Crippen LogP contribution >= 0.6 is 23.2 Å². The molecule has 0 atom stereocenters. The summed E-state index contributed by atoms with van der Waals surface area (Å²) in [7, 11) is 0. The van der Waals surface area contributed by atoms with Gasteiger partial charge in [0.05, 0.1) is 26.8 Å². The minimum absolute atomic E-state index is 0.0305. The molecule has 1 aliphatic heterocycles. The molecule has 0 unspecified atom stereocenters. The molecule has 0 bridgehead atoms. The van der Waals surface area contributed by atoms with Crippen molar-refractivity contribution >= 4 is 51.6 Å². The Morgan fingerprint density at radius 2 is 2.03 bits per heavy atom. The summed E-state index contributed by atoms with van der Waals surface area (Å²) in [6, 6.07) is 9.02. The summed E-state index contributed by atoms with van der Waals surface area (Å²) in [6.45, 7) is 5.23. The van der Waals surface area contributed by atoms with Gasteiger partial charge in [0.1, 0.15) is 30.1 Å². The first-order valence-electron chi connectivity index (χ1n) is 11.6. The maximum absolute atomic E-state index is 12.0. The van der Waals surface area contributed by atoms with Gasteiger partial charge in [0.25, 0.3) is 0 Å². The lowest BCUT2D eigenvalue weighted by molar-refractivity contribution is -0.127. The van der Waals surface area contributed by atoms with E-state index in [-0.39, 0.29) is 18.4 Å². The van der Waals surface area contributed by atoms with Crippen molar-refractivity contribution in [1.29, 1.82) is 0 Å². The van der Waals surface area contributed by atoms with E-state index in [9.17, 15) is 4.79 Å². The monoisotopic (exact) mass is 522 g/mol. The first-order valence-corrected chi connectivity index (χ1v) is 12.3. The lowest BCUT2D eigenvalue weighted by Crippen LogP contribution is -2.36. The number of rotatable bonds is 7. The predicted molar refractivity (Wildman–Crippen MR) is 141 cm³/mol. The number of aromatic nitrogens is 4. The van der Waals surface area contributed by atoms with Crippen LogP contribution in [0.15, 0.2) is 61.7 Å². The van der Waals surface area contributed by atoms with Crippen LogP contribution in [0.3, 0.4) is 0 Å². The van der Waals surface area contributed by atoms with Crippen LogP contribution in [0.5, 0.6) is 5.75 Å². The summed E-state index contributed by atoms with van der Waals surface area (Å²) in [5, 5.41) is 5.08. The molecule has 0 aliphatic carbocycles. The van der Waals surface area contributed by atoms with Gasteiger partial charge < -0.3 is 19.9 Å². The molecule has 4 aromatic rings. The van der Waals surface area contributed by atoms with E-state index in [2.05, 4.69) is 31.8 Å². The van der Waals surface area contributed by atoms with E-state index in [1.54, 1.807) is 18.3 Å². The Morgan fingerprint density at radius 1 is 1.19 bits per heavy atom. The number of carbonyl (C=O) groups excluding carboxylic acids is 1. The number of fused-ring (bicyclic) bond motifs is 1. The fraction of sp³-hybridized carbons (Fsp3) is 0.231. The Hall–Kier alpha value is -3.62. The van der Waals surface area contributed by atoms with Crippen LogP contribution in [-0.2, 0) is 11.4 Å². The number of carbonyl (C=O) groups is 1. The third kappa shape index (κ3) is 5.01. The van der Waals surface area contributed by atoms with Gasteiger partial charge in [-0.1, -0.05) is 35.8 Å². The van der Waals surface area contributed by atoms with Crippen molar-refractivity contribution < 1.29 is 9.53 Å². The largest absolute Gasteiger partial charge is 0.486 e. The lowest BCUT2D eigenvalue weighted by Gasteiger charge is -2.31. The smallest absolute Gasteiger partial charge is 0.245 e. The summed E-state index contributed by atoms with van der Waals surface area (Å²) in [4.78, 5) is 30.2. The van der Waals surface area contributed by atoms with E-state index < -0.39 is 0 Å². The van der Waals surface area contributed by atoms with Gasteiger partial charge in [-0.2, -0.15) is 0 Å². The summed E-state index contributed by atoms with van der Waals surface area (Å²) in [5.74, 6) is 1.33. The molecule has 10 heteroatoms. The Bertz CT molecular complexity index is 1400. The number of halogens is 2. The van der Waals surface area contributed by atoms with Gasteiger partial charge >= 0.3 is 0 Å². The maximum Gasteiger partial charge on any atom is 0.245 e. The van der Waals surface area contributed by atoms with E-state index in [0.29, 0.717) is 40.4 Å². The fourth-order valence-electron chi connectivity index (χ4n) is 4.44. The summed E-state index contributed by atoms with van der Waals surface area (Å²) in [6.07, 6.45) is 8.23. The minimum atomic E-state index is -0.0305. The molecule has 8 nitrogen and oxygen atoms in total. The van der Waals surface area contributed by atoms with Gasteiger partial charge in [-0.05, 0) is 48.6 Å². The second kappa shape index (κ2) is 10.6. The lowest BCUT2D eigenvalue weighted by atomic mass is 9.89. The van der Waals surface area contributed by atoms with Gasteiger partial charge in [0.15, 0.2) is 0 Å². The number of hydrogen-bond acceptors (Lipinski definition) is 6. The molecule has 0 radical (unpaired) electrons. The standard InChI is InChI=1S/C26H24Cl2N6O2/c1-2-23(35)34-9-6-16(7-10-34)18-13-30-25-24(18)26(32-15-31-25)33-21-11-20(28)22(12-19(21)27)36-14-17-5-3-4-8-29-17/h2-5,8,11-13,15-16H,1,6-7,9-10,14H2,(H2,30,31,32,33). The molecule has 0 saturated carbocycles. The van der Waals surface area contributed by atoms with Crippen LogP contribution in [0.2, 0.25) is 10.0 Å². The van der Waals surface area contributed by atoms with Crippen molar-refractivity contribution in [2.24, 2.45) is 0 Å². The Labute approximate surface area is 218 Å². The van der Waals surface area contributed by atoms with Gasteiger partial charge in [-0.15, -0.1) is 0 Å². The molecule has 1 aliphatic rings. The van der Waals surface area contributed by atoms with Crippen molar-refractivity contribution in [2.75, 3.05) is 18.4 Å². The first-order chi connectivity index (χ1) is 17.5. The van der Waals surface area contributed by atoms with Crippen molar-refractivity contribution in [3.8, 4) is 5.75 Å². The Kier molecular flexibility index (Phi) is 7.06. The zero-order valence-corrected chi connectivity index (χ0v) is 20.9. The summed E-state index contributed by atoms with van der Waals surface area (Å²) >= 11 is 13.1. The zero-order valence-electron chi connectivity index (χ0n) is 19.4. The number of nitrogens with zero attached hydrogens (tertiary/aromatic N) is 4. The number of hydrogen-bond donors (Lipinski definition) is 2. The summed E-state index contributed by atoms with van der Waals surface area (Å²) in [5.41, 5.74) is 3.22. The second-order valence-corrected chi connectivity index (χ2v) is 9.31. The maximum atomic E-state index is 12.0. The van der Waals surface area contributed by atoms with Crippen LogP contribution in [0, 0.1) is 0 Å². The number of pyridine rings is 1. The second-order valence-electron chi connectivity index (χ2n) is 8.49. The normalized spacial score (nSPS) is 14.1. The van der Waals surface area contributed by atoms with Crippen LogP contribution in [0.4, 0.5) is 11.5 Å². The van der Waals surface area contributed by atoms with E-state index in [1.165, 1.54) is 12.4 Å². The van der Waals surface area contributed by atoms with Crippen LogP contribution < -0.4 is 10.1 Å². The molecule has 1 saturated heterocycles. The molecular formula is C26H24Cl2N6O2. The highest BCUT2D eigenvalue weighted by Crippen LogP contribution is 2.39. The fourth-order valence-corrected chi connectivity index (χ4v) is 4.86. The number of anilines is 2. The van der Waals surface area contributed by atoms with Gasteiger partial charge in [0, 0.05) is 31.5 Å². The molecule has 5 rings (SSSR count).